The van der Waals surface area contributed by atoms with Crippen LogP contribution < -0.4 is 10.6 Å². The highest BCUT2D eigenvalue weighted by atomic mass is 16.5. The van der Waals surface area contributed by atoms with Crippen molar-refractivity contribution in [2.45, 2.75) is 44.1 Å². The van der Waals surface area contributed by atoms with Crippen LogP contribution in [0.1, 0.15) is 36.0 Å². The quantitative estimate of drug-likeness (QED) is 0.324. The minimum Gasteiger partial charge on any atom is -0.480 e. The zero-order valence-electron chi connectivity index (χ0n) is 22.8. The van der Waals surface area contributed by atoms with Crippen molar-refractivity contribution in [1.82, 2.24) is 10.6 Å². The van der Waals surface area contributed by atoms with E-state index in [1.807, 2.05) is 54.6 Å². The third-order valence-corrected chi connectivity index (χ3v) is 7.71. The number of carboxylic acid groups (broad SMARTS) is 1. The Morgan fingerprint density at radius 1 is 0.951 bits per heavy atom. The number of aliphatic carboxylic acids is 1. The maximum absolute atomic E-state index is 13.0. The van der Waals surface area contributed by atoms with Gasteiger partial charge in [-0.1, -0.05) is 78.9 Å². The lowest BCUT2D eigenvalue weighted by Crippen LogP contribution is -2.53. The number of ether oxygens (including phenoxy) is 3. The number of amides is 2. The lowest BCUT2D eigenvalue weighted by Gasteiger charge is -2.25. The Balaban J connectivity index is 1.12. The molecule has 1 saturated heterocycles. The van der Waals surface area contributed by atoms with Crippen LogP contribution in [0.25, 0.3) is 11.1 Å². The highest BCUT2D eigenvalue weighted by molar-refractivity contribution is 5.87. The van der Waals surface area contributed by atoms with Gasteiger partial charge in [0.1, 0.15) is 12.7 Å². The summed E-state index contributed by atoms with van der Waals surface area (Å²) in [6.45, 7) is 2.49. The fraction of sp³-hybridized carbons (Fsp3) is 0.344. The summed E-state index contributed by atoms with van der Waals surface area (Å²) < 4.78 is 17.0. The van der Waals surface area contributed by atoms with Gasteiger partial charge in [0.25, 0.3) is 0 Å². The summed E-state index contributed by atoms with van der Waals surface area (Å²) in [6, 6.07) is 24.3. The molecule has 3 N–H and O–H groups in total. The lowest BCUT2D eigenvalue weighted by molar-refractivity contribution is -0.148. The summed E-state index contributed by atoms with van der Waals surface area (Å²) in [5, 5.41) is 15.1. The number of carbonyl (C=O) groups excluding carboxylic acids is 2. The van der Waals surface area contributed by atoms with Crippen molar-refractivity contribution >= 4 is 18.0 Å². The number of alkyl carbamates (subject to hydrolysis) is 1. The van der Waals surface area contributed by atoms with E-state index >= 15 is 0 Å². The number of benzene rings is 3. The van der Waals surface area contributed by atoms with Crippen molar-refractivity contribution < 1.29 is 33.7 Å². The predicted molar refractivity (Wildman–Crippen MR) is 151 cm³/mol. The molecular weight excluding hydrogens is 524 g/mol. The minimum absolute atomic E-state index is 0.0551. The molecule has 1 aliphatic heterocycles. The molecule has 1 fully saturated rings. The zero-order valence-corrected chi connectivity index (χ0v) is 22.8. The zero-order chi connectivity index (χ0) is 28.8. The standard InChI is InChI=1S/C32H34N2O7/c1-20(40-18-21-9-3-2-4-10-21)28(31(36)37)34-30(35)29-22(15-16-39-29)17-33-32(38)41-19-27-25-13-7-5-11-23(25)24-12-6-8-14-26(24)27/h2-14,20,22,27-29H,15-19H2,1H3,(H,33,38)(H,34,35)(H,36,37)/t20-,22-,28+,29-/m0/s1. The van der Waals surface area contributed by atoms with Crippen LogP contribution in [0.5, 0.6) is 0 Å². The Morgan fingerprint density at radius 2 is 1.59 bits per heavy atom. The van der Waals surface area contributed by atoms with Crippen LogP contribution in [0, 0.1) is 5.92 Å². The number of rotatable bonds is 11. The maximum Gasteiger partial charge on any atom is 0.407 e. The molecule has 1 heterocycles. The average Bonchev–Trinajstić information content (AvgIpc) is 3.59. The van der Waals surface area contributed by atoms with Crippen molar-refractivity contribution in [3.05, 3.63) is 95.6 Å². The highest BCUT2D eigenvalue weighted by Gasteiger charge is 2.38. The molecule has 0 aromatic heterocycles. The van der Waals surface area contributed by atoms with E-state index in [2.05, 4.69) is 34.9 Å². The van der Waals surface area contributed by atoms with Gasteiger partial charge in [-0.15, -0.1) is 0 Å². The second-order valence-corrected chi connectivity index (χ2v) is 10.4. The van der Waals surface area contributed by atoms with Crippen LogP contribution in [0.4, 0.5) is 4.79 Å². The predicted octanol–water partition coefficient (Wildman–Crippen LogP) is 4.10. The van der Waals surface area contributed by atoms with Crippen molar-refractivity contribution in [2.75, 3.05) is 19.8 Å². The lowest BCUT2D eigenvalue weighted by atomic mass is 9.98. The molecule has 0 saturated carbocycles. The summed E-state index contributed by atoms with van der Waals surface area (Å²) in [5.74, 6) is -2.14. The van der Waals surface area contributed by atoms with E-state index < -0.39 is 36.2 Å². The van der Waals surface area contributed by atoms with Crippen LogP contribution in [-0.2, 0) is 30.4 Å². The summed E-state index contributed by atoms with van der Waals surface area (Å²) in [7, 11) is 0. The topological polar surface area (TPSA) is 123 Å². The van der Waals surface area contributed by atoms with E-state index in [-0.39, 0.29) is 31.6 Å². The van der Waals surface area contributed by atoms with Gasteiger partial charge in [0.2, 0.25) is 5.91 Å². The third-order valence-electron chi connectivity index (χ3n) is 7.71. The van der Waals surface area contributed by atoms with Crippen LogP contribution >= 0.6 is 0 Å². The Hall–Kier alpha value is -4.21. The molecule has 0 radical (unpaired) electrons. The van der Waals surface area contributed by atoms with Gasteiger partial charge in [0.15, 0.2) is 6.04 Å². The Labute approximate surface area is 238 Å². The van der Waals surface area contributed by atoms with Crippen LogP contribution in [0.15, 0.2) is 78.9 Å². The molecule has 0 spiro atoms. The Bertz CT molecular complexity index is 1330. The number of carbonyl (C=O) groups is 3. The van der Waals surface area contributed by atoms with Crippen LogP contribution in [-0.4, -0.2) is 61.1 Å². The summed E-state index contributed by atoms with van der Waals surface area (Å²) in [6.07, 6.45) is -1.72. The average molecular weight is 559 g/mol. The van der Waals surface area contributed by atoms with E-state index in [1.54, 1.807) is 6.92 Å². The summed E-state index contributed by atoms with van der Waals surface area (Å²) >= 11 is 0. The molecule has 4 atom stereocenters. The highest BCUT2D eigenvalue weighted by Crippen LogP contribution is 2.44. The first-order valence-electron chi connectivity index (χ1n) is 13.8. The van der Waals surface area contributed by atoms with Gasteiger partial charge in [0.05, 0.1) is 12.7 Å². The van der Waals surface area contributed by atoms with Gasteiger partial charge in [-0.3, -0.25) is 4.79 Å². The molecule has 0 bridgehead atoms. The smallest absolute Gasteiger partial charge is 0.407 e. The largest absolute Gasteiger partial charge is 0.480 e. The summed E-state index contributed by atoms with van der Waals surface area (Å²) in [4.78, 5) is 37.6. The van der Waals surface area contributed by atoms with Gasteiger partial charge in [-0.25, -0.2) is 9.59 Å². The van der Waals surface area contributed by atoms with Crippen LogP contribution in [0.3, 0.4) is 0 Å². The van der Waals surface area contributed by atoms with E-state index in [9.17, 15) is 19.5 Å². The van der Waals surface area contributed by atoms with Crippen molar-refractivity contribution in [3.63, 3.8) is 0 Å². The van der Waals surface area contributed by atoms with Gasteiger partial charge in [-0.2, -0.15) is 0 Å². The van der Waals surface area contributed by atoms with E-state index in [1.165, 1.54) is 0 Å². The first kappa shape index (κ1) is 28.3. The number of hydrogen-bond acceptors (Lipinski definition) is 6. The maximum atomic E-state index is 13.0. The van der Waals surface area contributed by atoms with E-state index in [0.717, 1.165) is 27.8 Å². The Morgan fingerprint density at radius 3 is 2.24 bits per heavy atom. The molecule has 9 nitrogen and oxygen atoms in total. The molecule has 3 aromatic carbocycles. The monoisotopic (exact) mass is 558 g/mol. The van der Waals surface area contributed by atoms with Crippen molar-refractivity contribution in [2.24, 2.45) is 5.92 Å². The Kier molecular flexibility index (Phi) is 8.96. The molecule has 3 aromatic rings. The van der Waals surface area contributed by atoms with Crippen molar-refractivity contribution in [1.29, 1.82) is 0 Å². The molecule has 9 heteroatoms. The third kappa shape index (κ3) is 6.58. The van der Waals surface area contributed by atoms with Gasteiger partial charge >= 0.3 is 12.1 Å². The van der Waals surface area contributed by atoms with Gasteiger partial charge < -0.3 is 30.0 Å². The van der Waals surface area contributed by atoms with E-state index in [4.69, 9.17) is 14.2 Å². The fourth-order valence-electron chi connectivity index (χ4n) is 5.51. The molecule has 41 heavy (non-hydrogen) atoms. The van der Waals surface area contributed by atoms with Crippen LogP contribution in [0.2, 0.25) is 0 Å². The second-order valence-electron chi connectivity index (χ2n) is 10.4. The molecule has 214 valence electrons. The molecular formula is C32H34N2O7. The molecule has 2 amide bonds. The van der Waals surface area contributed by atoms with Crippen molar-refractivity contribution in [3.8, 4) is 11.1 Å². The first-order chi connectivity index (χ1) is 19.9. The number of carboxylic acids is 1. The van der Waals surface area contributed by atoms with Gasteiger partial charge in [-0.05, 0) is 41.2 Å². The molecule has 2 aliphatic rings. The first-order valence-corrected chi connectivity index (χ1v) is 13.8. The molecule has 0 unspecified atom stereocenters. The second kappa shape index (κ2) is 13.0. The number of hydrogen-bond donors (Lipinski definition) is 3. The number of fused-ring (bicyclic) bond motifs is 3. The molecule has 1 aliphatic carbocycles. The summed E-state index contributed by atoms with van der Waals surface area (Å²) in [5.41, 5.74) is 5.44. The molecule has 5 rings (SSSR count). The van der Waals surface area contributed by atoms with E-state index in [0.29, 0.717) is 13.0 Å². The minimum atomic E-state index is -1.26. The van der Waals surface area contributed by atoms with Gasteiger partial charge in [0, 0.05) is 25.0 Å². The number of nitrogens with one attached hydrogen (secondary N) is 2. The fourth-order valence-corrected chi connectivity index (χ4v) is 5.51. The SMILES string of the molecule is C[C@H](OCc1ccccc1)[C@@H](NC(=O)[C@H]1OCC[C@H]1CNC(=O)OCC1c2ccccc2-c2ccccc21)C(=O)O. The normalized spacial score (nSPS) is 19.0.